The molecule has 1 aliphatic rings. The molecule has 0 radical (unpaired) electrons. The van der Waals surface area contributed by atoms with E-state index in [-0.39, 0.29) is 12.0 Å². The molecule has 118 valence electrons. The van der Waals surface area contributed by atoms with Gasteiger partial charge in [0.1, 0.15) is 0 Å². The Morgan fingerprint density at radius 1 is 1.38 bits per heavy atom. The minimum atomic E-state index is -3.44. The maximum atomic E-state index is 12.5. The summed E-state index contributed by atoms with van der Waals surface area (Å²) in [6.07, 6.45) is 2.02. The lowest BCUT2D eigenvalue weighted by molar-refractivity contribution is 0.0495. The molecule has 0 saturated carbocycles. The molecule has 1 aromatic rings. The normalized spacial score (nSPS) is 21.4. The highest BCUT2D eigenvalue weighted by Crippen LogP contribution is 2.21. The molecular weight excluding hydrogens is 288 g/mol. The third kappa shape index (κ3) is 4.03. The van der Waals surface area contributed by atoms with Crippen LogP contribution in [-0.4, -0.2) is 39.5 Å². The van der Waals surface area contributed by atoms with E-state index >= 15 is 0 Å². The Kier molecular flexibility index (Phi) is 5.37. The summed E-state index contributed by atoms with van der Waals surface area (Å²) in [6, 6.07) is 6.70. The first kappa shape index (κ1) is 16.4. The van der Waals surface area contributed by atoms with Gasteiger partial charge in [0.15, 0.2) is 0 Å². The summed E-state index contributed by atoms with van der Waals surface area (Å²) in [5.41, 5.74) is 6.71. The molecule has 1 aliphatic heterocycles. The van der Waals surface area contributed by atoms with E-state index in [9.17, 15) is 8.42 Å². The molecule has 1 aromatic carbocycles. The fourth-order valence-electron chi connectivity index (χ4n) is 2.54. The molecular formula is C15H24N2O3S. The van der Waals surface area contributed by atoms with E-state index in [1.807, 2.05) is 6.92 Å². The van der Waals surface area contributed by atoms with Gasteiger partial charge in [0.05, 0.1) is 11.5 Å². The Morgan fingerprint density at radius 3 is 2.57 bits per heavy atom. The van der Waals surface area contributed by atoms with Gasteiger partial charge in [0.2, 0.25) is 10.0 Å². The highest BCUT2D eigenvalue weighted by Gasteiger charge is 2.25. The van der Waals surface area contributed by atoms with Crippen molar-refractivity contribution in [2.75, 3.05) is 26.8 Å². The van der Waals surface area contributed by atoms with Gasteiger partial charge in [-0.1, -0.05) is 12.1 Å². The van der Waals surface area contributed by atoms with Gasteiger partial charge in [-0.2, -0.15) is 0 Å². The molecule has 0 spiro atoms. The second-order valence-corrected chi connectivity index (χ2v) is 7.77. The minimum Gasteiger partial charge on any atom is -0.381 e. The molecule has 2 atom stereocenters. The van der Waals surface area contributed by atoms with Gasteiger partial charge >= 0.3 is 0 Å². The van der Waals surface area contributed by atoms with E-state index in [0.29, 0.717) is 18.0 Å². The van der Waals surface area contributed by atoms with Crippen LogP contribution in [0.3, 0.4) is 0 Å². The van der Waals surface area contributed by atoms with Crippen LogP contribution in [0, 0.1) is 5.92 Å². The number of rotatable bonds is 5. The summed E-state index contributed by atoms with van der Waals surface area (Å²) in [4.78, 5) is 0.311. The molecule has 1 saturated heterocycles. The summed E-state index contributed by atoms with van der Waals surface area (Å²) in [5, 5.41) is 0. The molecule has 21 heavy (non-hydrogen) atoms. The number of hydrogen-bond acceptors (Lipinski definition) is 4. The molecule has 2 unspecified atom stereocenters. The zero-order chi connectivity index (χ0) is 15.5. The lowest BCUT2D eigenvalue weighted by atomic mass is 10.0. The molecule has 0 amide bonds. The average molecular weight is 312 g/mol. The molecule has 2 rings (SSSR count). The van der Waals surface area contributed by atoms with Gasteiger partial charge in [-0.3, -0.25) is 0 Å². The van der Waals surface area contributed by atoms with E-state index < -0.39 is 10.0 Å². The predicted octanol–water partition coefficient (Wildman–Crippen LogP) is 1.75. The van der Waals surface area contributed by atoms with E-state index in [1.54, 1.807) is 31.3 Å². The highest BCUT2D eigenvalue weighted by molar-refractivity contribution is 7.89. The van der Waals surface area contributed by atoms with Crippen LogP contribution >= 0.6 is 0 Å². The van der Waals surface area contributed by atoms with Gasteiger partial charge in [0, 0.05) is 26.2 Å². The summed E-state index contributed by atoms with van der Waals surface area (Å²) in [7, 11) is -1.82. The standard InChI is InChI=1S/C15H24N2O3S/c1-12(16)14-5-7-15(8-6-14)21(18,19)17(2)10-13-4-3-9-20-11-13/h5-8,12-13H,3-4,9-11,16H2,1-2H3. The number of nitrogens with zero attached hydrogens (tertiary/aromatic N) is 1. The Labute approximate surface area is 127 Å². The van der Waals surface area contributed by atoms with E-state index in [4.69, 9.17) is 10.5 Å². The lowest BCUT2D eigenvalue weighted by Gasteiger charge is -2.26. The van der Waals surface area contributed by atoms with Crippen LogP contribution in [0.15, 0.2) is 29.2 Å². The SMILES string of the molecule is CC(N)c1ccc(S(=O)(=O)N(C)CC2CCCOC2)cc1. The Bertz CT molecular complexity index is 549. The van der Waals surface area contributed by atoms with Crippen LogP contribution in [0.4, 0.5) is 0 Å². The van der Waals surface area contributed by atoms with Crippen LogP contribution in [0.2, 0.25) is 0 Å². The van der Waals surface area contributed by atoms with Crippen LogP contribution in [0.5, 0.6) is 0 Å². The molecule has 6 heteroatoms. The first-order chi connectivity index (χ1) is 9.91. The number of nitrogens with two attached hydrogens (primary N) is 1. The van der Waals surface area contributed by atoms with Crippen LogP contribution in [0.1, 0.15) is 31.4 Å². The highest BCUT2D eigenvalue weighted by atomic mass is 32.2. The van der Waals surface area contributed by atoms with Crippen molar-refractivity contribution in [3.8, 4) is 0 Å². The van der Waals surface area contributed by atoms with E-state index in [0.717, 1.165) is 25.0 Å². The van der Waals surface area contributed by atoms with Gasteiger partial charge in [-0.25, -0.2) is 12.7 Å². The summed E-state index contributed by atoms with van der Waals surface area (Å²) in [6.45, 7) is 3.80. The summed E-state index contributed by atoms with van der Waals surface area (Å²) >= 11 is 0. The van der Waals surface area contributed by atoms with Crippen molar-refractivity contribution in [2.45, 2.75) is 30.7 Å². The zero-order valence-electron chi connectivity index (χ0n) is 12.7. The lowest BCUT2D eigenvalue weighted by Crippen LogP contribution is -2.35. The first-order valence-electron chi connectivity index (χ1n) is 7.31. The average Bonchev–Trinajstić information content (AvgIpc) is 2.48. The van der Waals surface area contributed by atoms with Gasteiger partial charge < -0.3 is 10.5 Å². The van der Waals surface area contributed by atoms with Crippen molar-refractivity contribution in [1.29, 1.82) is 0 Å². The summed E-state index contributed by atoms with van der Waals surface area (Å²) in [5.74, 6) is 0.280. The maximum Gasteiger partial charge on any atom is 0.242 e. The monoisotopic (exact) mass is 312 g/mol. The Morgan fingerprint density at radius 2 is 2.05 bits per heavy atom. The summed E-state index contributed by atoms with van der Waals surface area (Å²) < 4.78 is 31.9. The molecule has 2 N–H and O–H groups in total. The first-order valence-corrected chi connectivity index (χ1v) is 8.75. The predicted molar refractivity (Wildman–Crippen MR) is 82.4 cm³/mol. The molecule has 0 aromatic heterocycles. The third-order valence-electron chi connectivity index (χ3n) is 3.88. The largest absolute Gasteiger partial charge is 0.381 e. The van der Waals surface area contributed by atoms with Crippen LogP contribution in [0.25, 0.3) is 0 Å². The topological polar surface area (TPSA) is 72.6 Å². The second kappa shape index (κ2) is 6.87. The van der Waals surface area contributed by atoms with Gasteiger partial charge in [0.25, 0.3) is 0 Å². The number of ether oxygens (including phenoxy) is 1. The Hall–Kier alpha value is -0.950. The van der Waals surface area contributed by atoms with Gasteiger partial charge in [-0.15, -0.1) is 0 Å². The fraction of sp³-hybridized carbons (Fsp3) is 0.600. The van der Waals surface area contributed by atoms with Crippen molar-refractivity contribution in [3.05, 3.63) is 29.8 Å². The molecule has 0 bridgehead atoms. The number of sulfonamides is 1. The van der Waals surface area contributed by atoms with Crippen molar-refractivity contribution in [1.82, 2.24) is 4.31 Å². The molecule has 1 fully saturated rings. The third-order valence-corrected chi connectivity index (χ3v) is 5.72. The quantitative estimate of drug-likeness (QED) is 0.899. The van der Waals surface area contributed by atoms with Crippen LogP contribution < -0.4 is 5.73 Å². The number of hydrogen-bond donors (Lipinski definition) is 1. The van der Waals surface area contributed by atoms with Crippen molar-refractivity contribution >= 4 is 10.0 Å². The number of benzene rings is 1. The second-order valence-electron chi connectivity index (χ2n) is 5.73. The smallest absolute Gasteiger partial charge is 0.242 e. The minimum absolute atomic E-state index is 0.0983. The molecule has 0 aliphatic carbocycles. The van der Waals surface area contributed by atoms with Crippen molar-refractivity contribution in [2.24, 2.45) is 11.7 Å². The zero-order valence-corrected chi connectivity index (χ0v) is 13.5. The fourth-order valence-corrected chi connectivity index (χ4v) is 3.78. The van der Waals surface area contributed by atoms with Crippen molar-refractivity contribution < 1.29 is 13.2 Å². The van der Waals surface area contributed by atoms with Crippen LogP contribution in [-0.2, 0) is 14.8 Å². The molecule has 5 nitrogen and oxygen atoms in total. The maximum absolute atomic E-state index is 12.5. The van der Waals surface area contributed by atoms with Crippen molar-refractivity contribution in [3.63, 3.8) is 0 Å². The van der Waals surface area contributed by atoms with Gasteiger partial charge in [-0.05, 0) is 43.4 Å². The van der Waals surface area contributed by atoms with E-state index in [2.05, 4.69) is 0 Å². The molecule has 1 heterocycles. The van der Waals surface area contributed by atoms with E-state index in [1.165, 1.54) is 4.31 Å². The Balaban J connectivity index is 2.08.